The highest BCUT2D eigenvalue weighted by molar-refractivity contribution is 9.11. The number of halogens is 2. The summed E-state index contributed by atoms with van der Waals surface area (Å²) in [5.41, 5.74) is 1.08. The van der Waals surface area contributed by atoms with Crippen LogP contribution < -0.4 is 5.32 Å². The third kappa shape index (κ3) is 3.32. The topological polar surface area (TPSA) is 29.1 Å². The molecule has 1 aromatic rings. The molecular weight excluding hydrogens is 346 g/mol. The van der Waals surface area contributed by atoms with Crippen molar-refractivity contribution in [1.29, 1.82) is 0 Å². The lowest BCUT2D eigenvalue weighted by molar-refractivity contribution is 0.0944. The molecule has 2 nitrogen and oxygen atoms in total. The Labute approximate surface area is 118 Å². The fourth-order valence-corrected chi connectivity index (χ4v) is 3.18. The van der Waals surface area contributed by atoms with Crippen LogP contribution in [0.15, 0.2) is 27.1 Å². The summed E-state index contributed by atoms with van der Waals surface area (Å²) < 4.78 is 1.82. The standard InChI is InChI=1S/C13H15Br2NO/c1-2-13(3-4-13)8-16-12(17)9-5-10(14)7-11(15)6-9/h5-7H,2-4,8H2,1H3,(H,16,17). The van der Waals surface area contributed by atoms with Gasteiger partial charge in [-0.15, -0.1) is 0 Å². The van der Waals surface area contributed by atoms with Crippen LogP contribution in [0.1, 0.15) is 36.5 Å². The molecule has 0 radical (unpaired) electrons. The Morgan fingerprint density at radius 3 is 2.35 bits per heavy atom. The zero-order valence-corrected chi connectivity index (χ0v) is 12.9. The summed E-state index contributed by atoms with van der Waals surface area (Å²) in [5, 5.41) is 3.03. The Hall–Kier alpha value is -0.350. The van der Waals surface area contributed by atoms with Crippen LogP contribution in [-0.4, -0.2) is 12.5 Å². The summed E-state index contributed by atoms with van der Waals surface area (Å²) in [6.45, 7) is 2.99. The number of amides is 1. The van der Waals surface area contributed by atoms with Crippen LogP contribution in [0.5, 0.6) is 0 Å². The molecule has 0 atom stereocenters. The summed E-state index contributed by atoms with van der Waals surface area (Å²) in [6.07, 6.45) is 3.63. The maximum Gasteiger partial charge on any atom is 0.251 e. The zero-order valence-electron chi connectivity index (χ0n) is 9.72. The SMILES string of the molecule is CCC1(CNC(=O)c2cc(Br)cc(Br)c2)CC1. The number of nitrogens with one attached hydrogen (secondary N) is 1. The van der Waals surface area contributed by atoms with Gasteiger partial charge in [0.05, 0.1) is 0 Å². The van der Waals surface area contributed by atoms with E-state index in [4.69, 9.17) is 0 Å². The fraction of sp³-hybridized carbons (Fsp3) is 0.462. The molecule has 1 saturated carbocycles. The minimum atomic E-state index is 0.00623. The Morgan fingerprint density at radius 2 is 1.88 bits per heavy atom. The molecule has 0 heterocycles. The minimum absolute atomic E-state index is 0.00623. The first-order valence-electron chi connectivity index (χ1n) is 5.79. The average molecular weight is 361 g/mol. The second-order valence-electron chi connectivity index (χ2n) is 4.69. The van der Waals surface area contributed by atoms with E-state index in [1.807, 2.05) is 18.2 Å². The van der Waals surface area contributed by atoms with Gasteiger partial charge in [-0.3, -0.25) is 4.79 Å². The fourth-order valence-electron chi connectivity index (χ4n) is 1.89. The van der Waals surface area contributed by atoms with Crippen molar-refractivity contribution in [3.05, 3.63) is 32.7 Å². The van der Waals surface area contributed by atoms with Crippen LogP contribution >= 0.6 is 31.9 Å². The third-order valence-corrected chi connectivity index (χ3v) is 4.37. The first-order valence-corrected chi connectivity index (χ1v) is 7.38. The largest absolute Gasteiger partial charge is 0.351 e. The van der Waals surface area contributed by atoms with Crippen molar-refractivity contribution in [2.45, 2.75) is 26.2 Å². The molecule has 0 aliphatic heterocycles. The van der Waals surface area contributed by atoms with E-state index in [-0.39, 0.29) is 5.91 Å². The molecule has 0 bridgehead atoms. The molecule has 0 spiro atoms. The van der Waals surface area contributed by atoms with Gasteiger partial charge in [0.25, 0.3) is 5.91 Å². The molecule has 0 aromatic heterocycles. The average Bonchev–Trinajstić information content (AvgIpc) is 3.05. The van der Waals surface area contributed by atoms with Gasteiger partial charge in [0.15, 0.2) is 0 Å². The summed E-state index contributed by atoms with van der Waals surface area (Å²) in [5.74, 6) is 0.00623. The van der Waals surface area contributed by atoms with E-state index in [0.29, 0.717) is 11.0 Å². The van der Waals surface area contributed by atoms with Crippen LogP contribution in [0, 0.1) is 5.41 Å². The van der Waals surface area contributed by atoms with Crippen molar-refractivity contribution in [2.24, 2.45) is 5.41 Å². The second kappa shape index (κ2) is 5.11. The summed E-state index contributed by atoms with van der Waals surface area (Å²) in [7, 11) is 0. The van der Waals surface area contributed by atoms with E-state index in [2.05, 4.69) is 44.1 Å². The maximum atomic E-state index is 12.0. The van der Waals surface area contributed by atoms with E-state index in [9.17, 15) is 4.79 Å². The molecule has 4 heteroatoms. The molecule has 92 valence electrons. The molecule has 0 saturated heterocycles. The van der Waals surface area contributed by atoms with Crippen molar-refractivity contribution in [3.8, 4) is 0 Å². The van der Waals surface area contributed by atoms with Crippen LogP contribution in [0.4, 0.5) is 0 Å². The molecule has 1 amide bonds. The summed E-state index contributed by atoms with van der Waals surface area (Å²) in [4.78, 5) is 12.0. The van der Waals surface area contributed by atoms with Crippen molar-refractivity contribution < 1.29 is 4.79 Å². The predicted molar refractivity (Wildman–Crippen MR) is 76.1 cm³/mol. The van der Waals surface area contributed by atoms with Crippen molar-refractivity contribution >= 4 is 37.8 Å². The van der Waals surface area contributed by atoms with Gasteiger partial charge in [0.2, 0.25) is 0 Å². The van der Waals surface area contributed by atoms with E-state index >= 15 is 0 Å². The van der Waals surface area contributed by atoms with Crippen molar-refractivity contribution in [3.63, 3.8) is 0 Å². The Bertz CT molecular complexity index is 421. The molecule has 1 N–H and O–H groups in total. The molecule has 2 rings (SSSR count). The monoisotopic (exact) mass is 359 g/mol. The highest BCUT2D eigenvalue weighted by atomic mass is 79.9. The maximum absolute atomic E-state index is 12.0. The van der Waals surface area contributed by atoms with E-state index in [0.717, 1.165) is 21.9 Å². The number of carbonyl (C=O) groups is 1. The summed E-state index contributed by atoms with van der Waals surface area (Å²) >= 11 is 6.78. The predicted octanol–water partition coefficient (Wildman–Crippen LogP) is 4.13. The van der Waals surface area contributed by atoms with Crippen molar-refractivity contribution in [1.82, 2.24) is 5.32 Å². The lowest BCUT2D eigenvalue weighted by Crippen LogP contribution is -2.29. The summed E-state index contributed by atoms with van der Waals surface area (Å²) in [6, 6.07) is 5.60. The Balaban J connectivity index is 1.99. The lowest BCUT2D eigenvalue weighted by atomic mass is 10.0. The van der Waals surface area contributed by atoms with Gasteiger partial charge in [-0.1, -0.05) is 38.8 Å². The minimum Gasteiger partial charge on any atom is -0.351 e. The highest BCUT2D eigenvalue weighted by Gasteiger charge is 2.40. The first-order chi connectivity index (χ1) is 8.04. The normalized spacial score (nSPS) is 16.6. The van der Waals surface area contributed by atoms with Crippen LogP contribution in [-0.2, 0) is 0 Å². The molecule has 17 heavy (non-hydrogen) atoms. The Kier molecular flexibility index (Phi) is 3.93. The van der Waals surface area contributed by atoms with E-state index < -0.39 is 0 Å². The smallest absolute Gasteiger partial charge is 0.251 e. The number of carbonyl (C=O) groups excluding carboxylic acids is 1. The highest BCUT2D eigenvalue weighted by Crippen LogP contribution is 2.47. The molecule has 1 aliphatic carbocycles. The number of hydrogen-bond donors (Lipinski definition) is 1. The van der Waals surface area contributed by atoms with Crippen molar-refractivity contribution in [2.75, 3.05) is 6.54 Å². The van der Waals surface area contributed by atoms with Gasteiger partial charge in [-0.25, -0.2) is 0 Å². The van der Waals surface area contributed by atoms with Gasteiger partial charge in [-0.05, 0) is 42.9 Å². The zero-order chi connectivity index (χ0) is 12.5. The van der Waals surface area contributed by atoms with E-state index in [1.165, 1.54) is 12.8 Å². The van der Waals surface area contributed by atoms with Crippen LogP contribution in [0.2, 0.25) is 0 Å². The molecule has 1 aliphatic rings. The van der Waals surface area contributed by atoms with E-state index in [1.54, 1.807) is 0 Å². The molecule has 1 aromatic carbocycles. The third-order valence-electron chi connectivity index (χ3n) is 3.46. The quantitative estimate of drug-likeness (QED) is 0.859. The number of benzene rings is 1. The first kappa shape index (κ1) is 13.1. The Morgan fingerprint density at radius 1 is 1.29 bits per heavy atom. The van der Waals surface area contributed by atoms with Gasteiger partial charge in [0, 0.05) is 21.1 Å². The molecule has 0 unspecified atom stereocenters. The second-order valence-corrected chi connectivity index (χ2v) is 6.53. The van der Waals surface area contributed by atoms with Gasteiger partial charge >= 0.3 is 0 Å². The number of hydrogen-bond acceptors (Lipinski definition) is 1. The molecule has 1 fully saturated rings. The van der Waals surface area contributed by atoms with Gasteiger partial charge in [-0.2, -0.15) is 0 Å². The number of rotatable bonds is 4. The van der Waals surface area contributed by atoms with Crippen LogP contribution in [0.25, 0.3) is 0 Å². The van der Waals surface area contributed by atoms with Crippen LogP contribution in [0.3, 0.4) is 0 Å². The lowest BCUT2D eigenvalue weighted by Gasteiger charge is -2.13. The molecular formula is C13H15Br2NO. The van der Waals surface area contributed by atoms with Gasteiger partial charge < -0.3 is 5.32 Å². The van der Waals surface area contributed by atoms with Gasteiger partial charge in [0.1, 0.15) is 0 Å².